The lowest BCUT2D eigenvalue weighted by Gasteiger charge is -2.34. The van der Waals surface area contributed by atoms with Crippen molar-refractivity contribution in [2.45, 2.75) is 69.5 Å². The summed E-state index contributed by atoms with van der Waals surface area (Å²) in [7, 11) is 2.30. The number of rotatable bonds is 6. The molecule has 3 heteroatoms. The first-order valence-electron chi connectivity index (χ1n) is 7.45. The van der Waals surface area contributed by atoms with E-state index in [-0.39, 0.29) is 0 Å². The van der Waals surface area contributed by atoms with Gasteiger partial charge >= 0.3 is 0 Å². The third kappa shape index (κ3) is 4.23. The molecule has 2 aliphatic rings. The minimum absolute atomic E-state index is 0.470. The molecule has 0 aromatic carbocycles. The fourth-order valence-electron chi connectivity index (χ4n) is 3.17. The Hall–Kier alpha value is -0.120. The largest absolute Gasteiger partial charge is 0.328 e. The highest BCUT2D eigenvalue weighted by Gasteiger charge is 2.24. The van der Waals surface area contributed by atoms with E-state index in [1.807, 2.05) is 0 Å². The normalized spacial score (nSPS) is 30.5. The number of nitrogens with one attached hydrogen (secondary N) is 1. The van der Waals surface area contributed by atoms with E-state index in [2.05, 4.69) is 17.3 Å². The first kappa shape index (κ1) is 13.3. The van der Waals surface area contributed by atoms with E-state index in [1.54, 1.807) is 0 Å². The molecule has 3 N–H and O–H groups in total. The van der Waals surface area contributed by atoms with Crippen molar-refractivity contribution in [2.75, 3.05) is 20.1 Å². The van der Waals surface area contributed by atoms with Crippen LogP contribution in [-0.2, 0) is 0 Å². The van der Waals surface area contributed by atoms with Crippen LogP contribution in [0.15, 0.2) is 0 Å². The Morgan fingerprint density at radius 1 is 1.18 bits per heavy atom. The van der Waals surface area contributed by atoms with Crippen molar-refractivity contribution in [3.05, 3.63) is 0 Å². The Kier molecular flexibility index (Phi) is 5.26. The molecule has 2 saturated carbocycles. The third-order valence-electron chi connectivity index (χ3n) is 4.49. The van der Waals surface area contributed by atoms with Gasteiger partial charge in [-0.05, 0) is 52.2 Å². The first-order chi connectivity index (χ1) is 8.25. The molecular formula is C14H29N3. The molecule has 0 radical (unpaired) electrons. The number of nitrogens with two attached hydrogens (primary N) is 1. The fourth-order valence-corrected chi connectivity index (χ4v) is 3.17. The third-order valence-corrected chi connectivity index (χ3v) is 4.49. The van der Waals surface area contributed by atoms with Crippen LogP contribution in [-0.4, -0.2) is 43.2 Å². The van der Waals surface area contributed by atoms with E-state index >= 15 is 0 Å². The fraction of sp³-hybridized carbons (Fsp3) is 1.00. The standard InChI is InChI=1S/C14H29N3/c1-17(14-6-3-2-4-7-14)9-5-8-16-13-10-12(15)11-13/h12-14,16H,2-11,15H2,1H3. The minimum atomic E-state index is 0.470. The summed E-state index contributed by atoms with van der Waals surface area (Å²) >= 11 is 0. The molecule has 0 heterocycles. The first-order valence-corrected chi connectivity index (χ1v) is 7.45. The summed E-state index contributed by atoms with van der Waals surface area (Å²) in [5.41, 5.74) is 5.77. The van der Waals surface area contributed by atoms with E-state index in [9.17, 15) is 0 Å². The van der Waals surface area contributed by atoms with Crippen LogP contribution in [0.25, 0.3) is 0 Å². The Morgan fingerprint density at radius 2 is 1.88 bits per heavy atom. The molecule has 17 heavy (non-hydrogen) atoms. The molecule has 0 amide bonds. The van der Waals surface area contributed by atoms with Gasteiger partial charge in [-0.1, -0.05) is 19.3 Å². The van der Waals surface area contributed by atoms with E-state index in [1.165, 1.54) is 57.9 Å². The Morgan fingerprint density at radius 3 is 2.53 bits per heavy atom. The lowest BCUT2D eigenvalue weighted by molar-refractivity contribution is 0.187. The second kappa shape index (κ2) is 6.72. The van der Waals surface area contributed by atoms with Gasteiger partial charge in [0.05, 0.1) is 0 Å². The molecule has 0 bridgehead atoms. The molecule has 0 unspecified atom stereocenters. The van der Waals surface area contributed by atoms with Gasteiger partial charge in [0, 0.05) is 18.1 Å². The Labute approximate surface area is 106 Å². The Balaban J connectivity index is 1.49. The summed E-state index contributed by atoms with van der Waals surface area (Å²) in [4.78, 5) is 2.58. The highest BCUT2D eigenvalue weighted by Crippen LogP contribution is 2.21. The quantitative estimate of drug-likeness (QED) is 0.694. The second-order valence-electron chi connectivity index (χ2n) is 6.01. The van der Waals surface area contributed by atoms with Crippen molar-refractivity contribution in [1.82, 2.24) is 10.2 Å². The molecule has 0 spiro atoms. The average Bonchev–Trinajstić information content (AvgIpc) is 2.32. The smallest absolute Gasteiger partial charge is 0.00965 e. The molecule has 3 nitrogen and oxygen atoms in total. The van der Waals surface area contributed by atoms with Gasteiger partial charge in [-0.15, -0.1) is 0 Å². The van der Waals surface area contributed by atoms with E-state index in [0.717, 1.165) is 12.6 Å². The van der Waals surface area contributed by atoms with Crippen LogP contribution in [0, 0.1) is 0 Å². The van der Waals surface area contributed by atoms with E-state index in [4.69, 9.17) is 5.73 Å². The summed E-state index contributed by atoms with van der Waals surface area (Å²) in [6.07, 6.45) is 10.8. The van der Waals surface area contributed by atoms with Gasteiger partial charge in [-0.3, -0.25) is 0 Å². The van der Waals surface area contributed by atoms with E-state index in [0.29, 0.717) is 12.1 Å². The van der Waals surface area contributed by atoms with Gasteiger partial charge in [-0.2, -0.15) is 0 Å². The predicted molar refractivity (Wildman–Crippen MR) is 73.1 cm³/mol. The lowest BCUT2D eigenvalue weighted by atomic mass is 9.87. The number of nitrogens with zero attached hydrogens (tertiary/aromatic N) is 1. The average molecular weight is 239 g/mol. The molecule has 0 saturated heterocycles. The second-order valence-corrected chi connectivity index (χ2v) is 6.01. The zero-order chi connectivity index (χ0) is 12.1. The highest BCUT2D eigenvalue weighted by molar-refractivity contribution is 4.87. The van der Waals surface area contributed by atoms with Crippen LogP contribution in [0.5, 0.6) is 0 Å². The zero-order valence-electron chi connectivity index (χ0n) is 11.3. The van der Waals surface area contributed by atoms with Crippen molar-refractivity contribution in [1.29, 1.82) is 0 Å². The predicted octanol–water partition coefficient (Wildman–Crippen LogP) is 1.72. The number of hydrogen-bond donors (Lipinski definition) is 2. The van der Waals surface area contributed by atoms with Crippen molar-refractivity contribution < 1.29 is 0 Å². The van der Waals surface area contributed by atoms with Gasteiger partial charge in [-0.25, -0.2) is 0 Å². The van der Waals surface area contributed by atoms with Crippen LogP contribution >= 0.6 is 0 Å². The summed E-state index contributed by atoms with van der Waals surface area (Å²) < 4.78 is 0. The molecule has 2 fully saturated rings. The monoisotopic (exact) mass is 239 g/mol. The maximum atomic E-state index is 5.77. The molecule has 2 aliphatic carbocycles. The minimum Gasteiger partial charge on any atom is -0.328 e. The summed E-state index contributed by atoms with van der Waals surface area (Å²) in [6, 6.07) is 2.04. The topological polar surface area (TPSA) is 41.3 Å². The van der Waals surface area contributed by atoms with Gasteiger partial charge in [0.1, 0.15) is 0 Å². The maximum absolute atomic E-state index is 5.77. The zero-order valence-corrected chi connectivity index (χ0v) is 11.3. The maximum Gasteiger partial charge on any atom is 0.00965 e. The van der Waals surface area contributed by atoms with Crippen LogP contribution in [0.2, 0.25) is 0 Å². The van der Waals surface area contributed by atoms with Gasteiger partial charge < -0.3 is 16.0 Å². The number of hydrogen-bond acceptors (Lipinski definition) is 3. The molecule has 100 valence electrons. The summed E-state index contributed by atoms with van der Waals surface area (Å²) in [5, 5.41) is 3.60. The molecule has 0 aromatic heterocycles. The molecule has 0 aliphatic heterocycles. The van der Waals surface area contributed by atoms with Gasteiger partial charge in [0.25, 0.3) is 0 Å². The highest BCUT2D eigenvalue weighted by atomic mass is 15.1. The molecule has 0 aromatic rings. The van der Waals surface area contributed by atoms with Crippen molar-refractivity contribution in [3.63, 3.8) is 0 Å². The van der Waals surface area contributed by atoms with Crippen LogP contribution in [0.4, 0.5) is 0 Å². The van der Waals surface area contributed by atoms with Crippen molar-refractivity contribution in [3.8, 4) is 0 Å². The van der Waals surface area contributed by atoms with Gasteiger partial charge in [0.2, 0.25) is 0 Å². The molecule has 2 rings (SSSR count). The molecule has 0 atom stereocenters. The summed E-state index contributed by atoms with van der Waals surface area (Å²) in [5.74, 6) is 0. The lowest BCUT2D eigenvalue weighted by Crippen LogP contribution is -2.49. The van der Waals surface area contributed by atoms with Crippen LogP contribution in [0.3, 0.4) is 0 Å². The van der Waals surface area contributed by atoms with Crippen molar-refractivity contribution >= 4 is 0 Å². The molecular weight excluding hydrogens is 210 g/mol. The Bertz CT molecular complexity index is 208. The van der Waals surface area contributed by atoms with E-state index < -0.39 is 0 Å². The van der Waals surface area contributed by atoms with Crippen LogP contribution < -0.4 is 11.1 Å². The van der Waals surface area contributed by atoms with Gasteiger partial charge in [0.15, 0.2) is 0 Å². The van der Waals surface area contributed by atoms with Crippen LogP contribution in [0.1, 0.15) is 51.4 Å². The summed E-state index contributed by atoms with van der Waals surface area (Å²) in [6.45, 7) is 2.41. The van der Waals surface area contributed by atoms with Crippen molar-refractivity contribution in [2.24, 2.45) is 5.73 Å². The SMILES string of the molecule is CN(CCCNC1CC(N)C1)C1CCCCC1.